The summed E-state index contributed by atoms with van der Waals surface area (Å²) in [6, 6.07) is 13.0. The molecule has 0 aliphatic carbocycles. The second kappa shape index (κ2) is 11.9. The molecule has 0 N–H and O–H groups in total. The molecule has 0 unspecified atom stereocenters. The summed E-state index contributed by atoms with van der Waals surface area (Å²) in [6.07, 6.45) is 5.82. The minimum Gasteiger partial charge on any atom is -0.473 e. The van der Waals surface area contributed by atoms with Crippen LogP contribution >= 0.6 is 0 Å². The van der Waals surface area contributed by atoms with E-state index in [0.29, 0.717) is 29.5 Å². The highest BCUT2D eigenvalue weighted by Crippen LogP contribution is 2.34. The van der Waals surface area contributed by atoms with Crippen LogP contribution in [0.5, 0.6) is 5.88 Å². The number of piperidine rings is 1. The summed E-state index contributed by atoms with van der Waals surface area (Å²) in [5.41, 5.74) is 3.75. The lowest BCUT2D eigenvalue weighted by atomic mass is 9.92. The quantitative estimate of drug-likeness (QED) is 0.263. The molecule has 214 valence electrons. The van der Waals surface area contributed by atoms with E-state index in [4.69, 9.17) is 24.2 Å². The largest absolute Gasteiger partial charge is 0.473 e. The number of fused-ring (bicyclic) bond motifs is 1. The number of carbonyl (C=O) groups is 1. The Bertz CT molecular complexity index is 1530. The lowest BCUT2D eigenvalue weighted by Crippen LogP contribution is -2.37. The molecule has 0 bridgehead atoms. The Hall–Kier alpha value is -3.89. The number of benzene rings is 1. The Balaban J connectivity index is 1.15. The van der Waals surface area contributed by atoms with E-state index in [1.165, 1.54) is 13.3 Å². The van der Waals surface area contributed by atoms with E-state index in [-0.39, 0.29) is 30.5 Å². The van der Waals surface area contributed by atoms with Gasteiger partial charge in [-0.05, 0) is 69.6 Å². The molecule has 2 aliphatic heterocycles. The van der Waals surface area contributed by atoms with Crippen molar-refractivity contribution in [2.45, 2.75) is 57.4 Å². The third-order valence-corrected chi connectivity index (χ3v) is 8.22. The van der Waals surface area contributed by atoms with E-state index in [1.54, 1.807) is 18.3 Å². The fourth-order valence-corrected chi connectivity index (χ4v) is 5.69. The molecule has 1 aromatic carbocycles. The summed E-state index contributed by atoms with van der Waals surface area (Å²) in [5, 5.41) is 0. The number of methoxy groups -OCH3 is 1. The number of esters is 1. The summed E-state index contributed by atoms with van der Waals surface area (Å²) in [4.78, 5) is 28.2. The number of hydrogen-bond acceptors (Lipinski definition) is 8. The van der Waals surface area contributed by atoms with Crippen LogP contribution in [0.1, 0.15) is 65.6 Å². The first-order valence-electron chi connectivity index (χ1n) is 14.1. The average Bonchev–Trinajstić information content (AvgIpc) is 3.35. The fourth-order valence-electron chi connectivity index (χ4n) is 5.69. The van der Waals surface area contributed by atoms with Crippen molar-refractivity contribution in [1.82, 2.24) is 24.4 Å². The van der Waals surface area contributed by atoms with Gasteiger partial charge in [-0.3, -0.25) is 9.88 Å². The van der Waals surface area contributed by atoms with Gasteiger partial charge in [-0.25, -0.2) is 19.2 Å². The number of carbonyl (C=O) groups excluding carboxylic acids is 1. The van der Waals surface area contributed by atoms with Gasteiger partial charge in [0.05, 0.1) is 48.6 Å². The minimum absolute atomic E-state index is 0.0860. The molecule has 9 nitrogen and oxygen atoms in total. The zero-order valence-corrected chi connectivity index (χ0v) is 23.3. The summed E-state index contributed by atoms with van der Waals surface area (Å²) < 4.78 is 32.6. The van der Waals surface area contributed by atoms with E-state index in [0.717, 1.165) is 61.5 Å². The highest BCUT2D eigenvalue weighted by Gasteiger charge is 2.30. The molecule has 2 fully saturated rings. The standard InChI is InChI=1S/C31H34FN5O4/c1-20(30-35-27-7-6-22(31(38)39-2)16-28(27)37(30)18-24-11-15-40-24)36-13-9-21(10-14-36)26-4-3-5-29(34-26)41-19-23-8-12-33-17-25(23)32/h3-8,12,16-17,20-21,24H,9-11,13-15,18-19H2,1-2H3/t20-,24-/m0/s1. The molecule has 0 amide bonds. The van der Waals surface area contributed by atoms with Gasteiger partial charge in [0.2, 0.25) is 5.88 Å². The van der Waals surface area contributed by atoms with E-state index < -0.39 is 0 Å². The Morgan fingerprint density at radius 3 is 2.71 bits per heavy atom. The van der Waals surface area contributed by atoms with Gasteiger partial charge in [-0.15, -0.1) is 0 Å². The van der Waals surface area contributed by atoms with Crippen molar-refractivity contribution in [2.24, 2.45) is 0 Å². The van der Waals surface area contributed by atoms with Gasteiger partial charge in [0.1, 0.15) is 18.2 Å². The predicted molar refractivity (Wildman–Crippen MR) is 150 cm³/mol. The second-order valence-electron chi connectivity index (χ2n) is 10.7. The van der Waals surface area contributed by atoms with Crippen LogP contribution in [0.2, 0.25) is 0 Å². The zero-order chi connectivity index (χ0) is 28.3. The van der Waals surface area contributed by atoms with E-state index in [1.807, 2.05) is 30.3 Å². The first kappa shape index (κ1) is 27.3. The van der Waals surface area contributed by atoms with E-state index >= 15 is 0 Å². The number of halogens is 1. The Labute approximate surface area is 238 Å². The maximum absolute atomic E-state index is 13.9. The first-order chi connectivity index (χ1) is 20.0. The van der Waals surface area contributed by atoms with Gasteiger partial charge in [0, 0.05) is 36.0 Å². The van der Waals surface area contributed by atoms with Gasteiger partial charge >= 0.3 is 5.97 Å². The van der Waals surface area contributed by atoms with Gasteiger partial charge in [0.15, 0.2) is 0 Å². The zero-order valence-electron chi connectivity index (χ0n) is 23.3. The third kappa shape index (κ3) is 5.80. The van der Waals surface area contributed by atoms with Crippen molar-refractivity contribution >= 4 is 17.0 Å². The number of nitrogens with zero attached hydrogens (tertiary/aromatic N) is 5. The Kier molecular flexibility index (Phi) is 7.93. The van der Waals surface area contributed by atoms with Crippen LogP contribution in [-0.4, -0.2) is 63.3 Å². The van der Waals surface area contributed by atoms with Crippen molar-refractivity contribution in [3.8, 4) is 5.88 Å². The van der Waals surface area contributed by atoms with Crippen LogP contribution in [0.25, 0.3) is 11.0 Å². The molecule has 41 heavy (non-hydrogen) atoms. The highest BCUT2D eigenvalue weighted by atomic mass is 19.1. The van der Waals surface area contributed by atoms with Crippen LogP contribution in [-0.2, 0) is 22.6 Å². The molecular weight excluding hydrogens is 525 g/mol. The maximum Gasteiger partial charge on any atom is 0.337 e. The van der Waals surface area contributed by atoms with Crippen LogP contribution < -0.4 is 4.74 Å². The fraction of sp³-hybridized carbons (Fsp3) is 0.419. The molecule has 6 rings (SSSR count). The number of ether oxygens (including phenoxy) is 3. The van der Waals surface area contributed by atoms with Gasteiger partial charge in [-0.1, -0.05) is 6.07 Å². The van der Waals surface area contributed by atoms with E-state index in [2.05, 4.69) is 21.4 Å². The van der Waals surface area contributed by atoms with Crippen LogP contribution in [0.3, 0.4) is 0 Å². The summed E-state index contributed by atoms with van der Waals surface area (Å²) in [5.74, 6) is 1.04. The number of imidazole rings is 1. The Morgan fingerprint density at radius 2 is 1.98 bits per heavy atom. The molecule has 0 spiro atoms. The first-order valence-corrected chi connectivity index (χ1v) is 14.1. The lowest BCUT2D eigenvalue weighted by molar-refractivity contribution is -0.0594. The summed E-state index contributed by atoms with van der Waals surface area (Å²) in [6.45, 7) is 5.59. The molecule has 0 radical (unpaired) electrons. The number of rotatable bonds is 9. The van der Waals surface area contributed by atoms with Gasteiger partial charge in [-0.2, -0.15) is 0 Å². The maximum atomic E-state index is 13.9. The molecule has 10 heteroatoms. The monoisotopic (exact) mass is 559 g/mol. The molecule has 2 atom stereocenters. The number of hydrogen-bond donors (Lipinski definition) is 0. The van der Waals surface area contributed by atoms with Crippen LogP contribution in [0.4, 0.5) is 4.39 Å². The molecule has 0 saturated carbocycles. The van der Waals surface area contributed by atoms with Crippen molar-refractivity contribution in [2.75, 3.05) is 26.8 Å². The van der Waals surface area contributed by atoms with Crippen molar-refractivity contribution in [3.05, 3.63) is 83.3 Å². The summed E-state index contributed by atoms with van der Waals surface area (Å²) >= 11 is 0. The van der Waals surface area contributed by atoms with Gasteiger partial charge in [0.25, 0.3) is 0 Å². The molecule has 2 saturated heterocycles. The van der Waals surface area contributed by atoms with Crippen LogP contribution in [0, 0.1) is 5.82 Å². The van der Waals surface area contributed by atoms with Gasteiger partial charge < -0.3 is 18.8 Å². The summed E-state index contributed by atoms with van der Waals surface area (Å²) in [7, 11) is 1.39. The number of aromatic nitrogens is 4. The SMILES string of the molecule is COC(=O)c1ccc2nc([C@H](C)N3CCC(c4cccc(OCc5ccncc5F)n4)CC3)n(C[C@@H]3CCO3)c2c1. The molecular formula is C31H34FN5O4. The Morgan fingerprint density at radius 1 is 1.15 bits per heavy atom. The predicted octanol–water partition coefficient (Wildman–Crippen LogP) is 5.06. The van der Waals surface area contributed by atoms with Crippen LogP contribution in [0.15, 0.2) is 54.9 Å². The van der Waals surface area contributed by atoms with E-state index in [9.17, 15) is 9.18 Å². The number of pyridine rings is 2. The smallest absolute Gasteiger partial charge is 0.337 e. The van der Waals surface area contributed by atoms with Crippen molar-refractivity contribution in [1.29, 1.82) is 0 Å². The normalized spacial score (nSPS) is 18.7. The molecule has 2 aliphatic rings. The third-order valence-electron chi connectivity index (χ3n) is 8.22. The molecule has 4 aromatic rings. The topological polar surface area (TPSA) is 91.6 Å². The van der Waals surface area contributed by atoms with Crippen molar-refractivity contribution < 1.29 is 23.4 Å². The highest BCUT2D eigenvalue weighted by molar-refractivity contribution is 5.93. The molecule has 3 aromatic heterocycles. The number of likely N-dealkylation sites (tertiary alicyclic amines) is 1. The lowest BCUT2D eigenvalue weighted by Gasteiger charge is -2.36. The second-order valence-corrected chi connectivity index (χ2v) is 10.7. The average molecular weight is 560 g/mol. The van der Waals surface area contributed by atoms with Crippen molar-refractivity contribution in [3.63, 3.8) is 0 Å². The minimum atomic E-state index is -0.386. The molecule has 5 heterocycles.